The van der Waals surface area contributed by atoms with Crippen LogP contribution in [0.15, 0.2) is 12.1 Å². The maximum atomic E-state index is 12.3. The van der Waals surface area contributed by atoms with E-state index >= 15 is 0 Å². The Bertz CT molecular complexity index is 483. The first-order chi connectivity index (χ1) is 8.70. The highest BCUT2D eigenvalue weighted by Gasteiger charge is 2.22. The maximum absolute atomic E-state index is 12.3. The van der Waals surface area contributed by atoms with Gasteiger partial charge in [0.05, 0.1) is 16.3 Å². The minimum absolute atomic E-state index is 0.146. The fourth-order valence-electron chi connectivity index (χ4n) is 2.19. The van der Waals surface area contributed by atoms with Gasteiger partial charge in [0, 0.05) is 13.1 Å². The van der Waals surface area contributed by atoms with E-state index < -0.39 is 0 Å². The molecule has 1 atom stereocenters. The van der Waals surface area contributed by atoms with Crippen molar-refractivity contribution in [3.8, 4) is 11.8 Å². The van der Waals surface area contributed by atoms with Gasteiger partial charge in [0.2, 0.25) is 0 Å². The van der Waals surface area contributed by atoms with E-state index in [0.717, 1.165) is 29.3 Å². The first kappa shape index (κ1) is 13.1. The normalized spacial score (nSPS) is 19.2. The second kappa shape index (κ2) is 6.03. The number of hydrogen-bond donors (Lipinski definition) is 1. The molecule has 0 radical (unpaired) electrons. The van der Waals surface area contributed by atoms with Crippen molar-refractivity contribution in [3.63, 3.8) is 0 Å². The molecular weight excluding hydrogens is 244 g/mol. The molecule has 96 valence electrons. The van der Waals surface area contributed by atoms with Crippen LogP contribution in [-0.4, -0.2) is 30.4 Å². The van der Waals surface area contributed by atoms with Gasteiger partial charge in [-0.05, 0) is 30.9 Å². The minimum atomic E-state index is 0.146. The number of nitrogens with two attached hydrogens (primary N) is 1. The summed E-state index contributed by atoms with van der Waals surface area (Å²) in [4.78, 5) is 15.9. The van der Waals surface area contributed by atoms with Crippen LogP contribution < -0.4 is 5.73 Å². The average Bonchev–Trinajstić information content (AvgIpc) is 2.84. The van der Waals surface area contributed by atoms with Gasteiger partial charge in [-0.2, -0.15) is 0 Å². The van der Waals surface area contributed by atoms with Crippen molar-refractivity contribution in [2.45, 2.75) is 19.8 Å². The Morgan fingerprint density at radius 1 is 1.61 bits per heavy atom. The van der Waals surface area contributed by atoms with Gasteiger partial charge in [0.15, 0.2) is 0 Å². The van der Waals surface area contributed by atoms with E-state index in [9.17, 15) is 4.79 Å². The van der Waals surface area contributed by atoms with Crippen LogP contribution >= 0.6 is 11.3 Å². The lowest BCUT2D eigenvalue weighted by Gasteiger charge is -2.30. The number of carbonyl (C=O) groups is 1. The van der Waals surface area contributed by atoms with Crippen LogP contribution in [-0.2, 0) is 0 Å². The molecule has 1 aliphatic rings. The van der Waals surface area contributed by atoms with E-state index in [-0.39, 0.29) is 5.91 Å². The second-order valence-corrected chi connectivity index (χ2v) is 5.75. The summed E-state index contributed by atoms with van der Waals surface area (Å²) < 4.78 is 0. The number of rotatable bonds is 1. The molecule has 1 saturated heterocycles. The molecular formula is C14H18N2OS. The van der Waals surface area contributed by atoms with Crippen molar-refractivity contribution >= 4 is 17.2 Å². The minimum Gasteiger partial charge on any atom is -0.338 e. The molecule has 18 heavy (non-hydrogen) atoms. The van der Waals surface area contributed by atoms with Crippen LogP contribution in [0, 0.1) is 17.8 Å². The average molecular weight is 262 g/mol. The van der Waals surface area contributed by atoms with Crippen LogP contribution in [0.3, 0.4) is 0 Å². The lowest BCUT2D eigenvalue weighted by molar-refractivity contribution is 0.0688. The van der Waals surface area contributed by atoms with Crippen molar-refractivity contribution in [2.75, 3.05) is 19.6 Å². The Hall–Kier alpha value is -1.31. The monoisotopic (exact) mass is 262 g/mol. The van der Waals surface area contributed by atoms with Crippen molar-refractivity contribution in [1.29, 1.82) is 0 Å². The standard InChI is InChI=1S/C14H18N2OS/c1-11-4-3-9-16(10-11)14(17)13-7-6-12(18-13)5-2-8-15/h6-7,11H,3-4,8-10,15H2,1H3. The Labute approximate surface area is 112 Å². The van der Waals surface area contributed by atoms with Crippen molar-refractivity contribution in [2.24, 2.45) is 11.7 Å². The number of hydrogen-bond acceptors (Lipinski definition) is 3. The number of likely N-dealkylation sites (tertiary alicyclic amines) is 1. The van der Waals surface area contributed by atoms with E-state index in [2.05, 4.69) is 18.8 Å². The summed E-state index contributed by atoms with van der Waals surface area (Å²) >= 11 is 1.46. The Kier molecular flexibility index (Phi) is 4.40. The zero-order valence-electron chi connectivity index (χ0n) is 10.6. The van der Waals surface area contributed by atoms with Crippen molar-refractivity contribution in [1.82, 2.24) is 4.90 Å². The van der Waals surface area contributed by atoms with E-state index in [1.165, 1.54) is 17.8 Å². The predicted molar refractivity (Wildman–Crippen MR) is 74.6 cm³/mol. The summed E-state index contributed by atoms with van der Waals surface area (Å²) in [5.74, 6) is 6.53. The van der Waals surface area contributed by atoms with Gasteiger partial charge >= 0.3 is 0 Å². The van der Waals surface area contributed by atoms with E-state index in [1.54, 1.807) is 0 Å². The molecule has 2 heterocycles. The number of thiophene rings is 1. The van der Waals surface area contributed by atoms with E-state index in [4.69, 9.17) is 5.73 Å². The van der Waals surface area contributed by atoms with Crippen LogP contribution in [0.4, 0.5) is 0 Å². The third-order valence-corrected chi connectivity index (χ3v) is 4.06. The van der Waals surface area contributed by atoms with Crippen LogP contribution in [0.1, 0.15) is 34.3 Å². The third-order valence-electron chi connectivity index (χ3n) is 3.07. The molecule has 1 aromatic rings. The fraction of sp³-hybridized carbons (Fsp3) is 0.500. The highest BCUT2D eigenvalue weighted by atomic mass is 32.1. The molecule has 1 fully saturated rings. The Morgan fingerprint density at radius 3 is 3.17 bits per heavy atom. The highest BCUT2D eigenvalue weighted by molar-refractivity contribution is 7.14. The maximum Gasteiger partial charge on any atom is 0.263 e. The summed E-state index contributed by atoms with van der Waals surface area (Å²) in [7, 11) is 0. The summed E-state index contributed by atoms with van der Waals surface area (Å²) in [6, 6.07) is 3.76. The Morgan fingerprint density at radius 2 is 2.44 bits per heavy atom. The summed E-state index contributed by atoms with van der Waals surface area (Å²) in [5.41, 5.74) is 5.33. The molecule has 0 spiro atoms. The first-order valence-corrected chi connectivity index (χ1v) is 7.10. The largest absolute Gasteiger partial charge is 0.338 e. The lowest BCUT2D eigenvalue weighted by Crippen LogP contribution is -2.38. The predicted octanol–water partition coefficient (Wildman–Crippen LogP) is 1.93. The third kappa shape index (κ3) is 3.12. The molecule has 3 nitrogen and oxygen atoms in total. The molecule has 4 heteroatoms. The number of amides is 1. The van der Waals surface area contributed by atoms with Gasteiger partial charge in [-0.15, -0.1) is 11.3 Å². The van der Waals surface area contributed by atoms with Crippen LogP contribution in [0.5, 0.6) is 0 Å². The van der Waals surface area contributed by atoms with Gasteiger partial charge in [-0.1, -0.05) is 18.8 Å². The first-order valence-electron chi connectivity index (χ1n) is 6.28. The molecule has 1 aromatic heterocycles. The van der Waals surface area contributed by atoms with Gasteiger partial charge < -0.3 is 10.6 Å². The smallest absolute Gasteiger partial charge is 0.263 e. The van der Waals surface area contributed by atoms with Crippen molar-refractivity contribution in [3.05, 3.63) is 21.9 Å². The fourth-order valence-corrected chi connectivity index (χ4v) is 3.04. The molecule has 1 aliphatic heterocycles. The Balaban J connectivity index is 2.06. The van der Waals surface area contributed by atoms with Crippen LogP contribution in [0.25, 0.3) is 0 Å². The molecule has 0 saturated carbocycles. The quantitative estimate of drug-likeness (QED) is 0.786. The van der Waals surface area contributed by atoms with Gasteiger partial charge in [0.25, 0.3) is 5.91 Å². The molecule has 0 aliphatic carbocycles. The summed E-state index contributed by atoms with van der Waals surface area (Å²) in [5, 5.41) is 0. The number of piperidine rings is 1. The lowest BCUT2D eigenvalue weighted by atomic mass is 10.0. The van der Waals surface area contributed by atoms with Gasteiger partial charge in [0.1, 0.15) is 0 Å². The van der Waals surface area contributed by atoms with Crippen molar-refractivity contribution < 1.29 is 4.79 Å². The molecule has 0 bridgehead atoms. The number of carbonyl (C=O) groups excluding carboxylic acids is 1. The van der Waals surface area contributed by atoms with Gasteiger partial charge in [-0.3, -0.25) is 4.79 Å². The molecule has 1 unspecified atom stereocenters. The van der Waals surface area contributed by atoms with E-state index in [0.29, 0.717) is 12.5 Å². The van der Waals surface area contributed by atoms with Gasteiger partial charge in [-0.25, -0.2) is 0 Å². The second-order valence-electron chi connectivity index (χ2n) is 4.67. The molecule has 1 amide bonds. The topological polar surface area (TPSA) is 46.3 Å². The summed E-state index contributed by atoms with van der Waals surface area (Å²) in [6.45, 7) is 4.31. The molecule has 2 N–H and O–H groups in total. The number of nitrogens with zero attached hydrogens (tertiary/aromatic N) is 1. The van der Waals surface area contributed by atoms with Crippen LogP contribution in [0.2, 0.25) is 0 Å². The highest BCUT2D eigenvalue weighted by Crippen LogP contribution is 2.21. The SMILES string of the molecule is CC1CCCN(C(=O)c2ccc(C#CCN)s2)C1. The zero-order valence-corrected chi connectivity index (χ0v) is 11.4. The molecule has 0 aromatic carbocycles. The van der Waals surface area contributed by atoms with E-state index in [1.807, 2.05) is 17.0 Å². The molecule has 2 rings (SSSR count). The zero-order chi connectivity index (χ0) is 13.0. The summed E-state index contributed by atoms with van der Waals surface area (Å²) in [6.07, 6.45) is 2.33.